The SMILES string of the molecule is CNC(Cc1ccc(Br)cc1F)c1cc(Cl)sc1Cl. The van der Waals surface area contributed by atoms with Crippen molar-refractivity contribution >= 4 is 50.5 Å². The standard InChI is InChI=1S/C13H11BrCl2FNS/c1-18-11(9-6-12(15)19-13(9)16)4-7-2-3-8(14)5-10(7)17/h2-3,5-6,11,18H,4H2,1H3. The number of nitrogens with one attached hydrogen (secondary N) is 1. The molecule has 1 heterocycles. The lowest BCUT2D eigenvalue weighted by Gasteiger charge is -2.16. The number of thiophene rings is 1. The molecule has 0 saturated heterocycles. The smallest absolute Gasteiger partial charge is 0.127 e. The van der Waals surface area contributed by atoms with Crippen molar-refractivity contribution in [1.82, 2.24) is 5.32 Å². The molecule has 1 N–H and O–H groups in total. The molecule has 0 spiro atoms. The van der Waals surface area contributed by atoms with Crippen molar-refractivity contribution in [1.29, 1.82) is 0 Å². The van der Waals surface area contributed by atoms with Crippen LogP contribution in [0.3, 0.4) is 0 Å². The van der Waals surface area contributed by atoms with Crippen LogP contribution in [0.2, 0.25) is 8.67 Å². The van der Waals surface area contributed by atoms with Crippen molar-refractivity contribution in [3.8, 4) is 0 Å². The zero-order chi connectivity index (χ0) is 14.0. The molecule has 1 nitrogen and oxygen atoms in total. The molecule has 0 aliphatic carbocycles. The lowest BCUT2D eigenvalue weighted by molar-refractivity contribution is 0.555. The van der Waals surface area contributed by atoms with Crippen LogP contribution in [0.4, 0.5) is 4.39 Å². The van der Waals surface area contributed by atoms with Crippen molar-refractivity contribution in [3.63, 3.8) is 0 Å². The first-order valence-electron chi connectivity index (χ1n) is 5.57. The van der Waals surface area contributed by atoms with Gasteiger partial charge in [0.15, 0.2) is 0 Å². The van der Waals surface area contributed by atoms with Gasteiger partial charge < -0.3 is 5.32 Å². The highest BCUT2D eigenvalue weighted by molar-refractivity contribution is 9.10. The van der Waals surface area contributed by atoms with Crippen LogP contribution in [-0.2, 0) is 6.42 Å². The predicted octanol–water partition coefficient (Wildman–Crippen LogP) is 5.46. The fraction of sp³-hybridized carbons (Fsp3) is 0.231. The maximum Gasteiger partial charge on any atom is 0.127 e. The van der Waals surface area contributed by atoms with E-state index in [1.807, 2.05) is 19.2 Å². The Bertz CT molecular complexity index is 588. The number of hydrogen-bond donors (Lipinski definition) is 1. The van der Waals surface area contributed by atoms with Gasteiger partial charge in [-0.2, -0.15) is 0 Å². The molecule has 2 aromatic rings. The molecule has 0 amide bonds. The number of halogens is 4. The number of likely N-dealkylation sites (N-methyl/N-ethyl adjacent to an activating group) is 1. The third kappa shape index (κ3) is 3.70. The van der Waals surface area contributed by atoms with E-state index in [0.29, 0.717) is 20.7 Å². The molecule has 0 radical (unpaired) electrons. The van der Waals surface area contributed by atoms with Crippen LogP contribution in [0.5, 0.6) is 0 Å². The monoisotopic (exact) mass is 381 g/mol. The minimum absolute atomic E-state index is 0.0630. The van der Waals surface area contributed by atoms with Gasteiger partial charge in [-0.05, 0) is 37.2 Å². The highest BCUT2D eigenvalue weighted by atomic mass is 79.9. The Morgan fingerprint density at radius 3 is 2.63 bits per heavy atom. The summed E-state index contributed by atoms with van der Waals surface area (Å²) in [6, 6.07) is 6.82. The normalized spacial score (nSPS) is 12.7. The van der Waals surface area contributed by atoms with Gasteiger partial charge in [-0.15, -0.1) is 11.3 Å². The Labute approximate surface area is 133 Å². The Kier molecular flexibility index (Phi) is 5.26. The molecule has 102 valence electrons. The predicted molar refractivity (Wildman–Crippen MR) is 83.9 cm³/mol. The third-order valence-electron chi connectivity index (χ3n) is 2.85. The second kappa shape index (κ2) is 6.55. The van der Waals surface area contributed by atoms with E-state index < -0.39 is 0 Å². The van der Waals surface area contributed by atoms with E-state index in [1.165, 1.54) is 17.4 Å². The van der Waals surface area contributed by atoms with Crippen LogP contribution in [0.1, 0.15) is 17.2 Å². The van der Waals surface area contributed by atoms with Gasteiger partial charge in [0, 0.05) is 16.1 Å². The maximum absolute atomic E-state index is 13.9. The van der Waals surface area contributed by atoms with Gasteiger partial charge in [-0.1, -0.05) is 45.2 Å². The fourth-order valence-corrected chi connectivity index (χ4v) is 3.78. The molecule has 6 heteroatoms. The Morgan fingerprint density at radius 2 is 2.11 bits per heavy atom. The van der Waals surface area contributed by atoms with Gasteiger partial charge in [0.1, 0.15) is 5.82 Å². The molecule has 1 unspecified atom stereocenters. The molecule has 2 rings (SSSR count). The van der Waals surface area contributed by atoms with E-state index in [1.54, 1.807) is 6.07 Å². The Hall–Kier alpha value is -0.130. The summed E-state index contributed by atoms with van der Waals surface area (Å²) in [6.45, 7) is 0. The lowest BCUT2D eigenvalue weighted by atomic mass is 10.0. The zero-order valence-corrected chi connectivity index (χ0v) is 13.9. The lowest BCUT2D eigenvalue weighted by Crippen LogP contribution is -2.19. The molecule has 19 heavy (non-hydrogen) atoms. The fourth-order valence-electron chi connectivity index (χ4n) is 1.87. The second-order valence-corrected chi connectivity index (χ2v) is 7.26. The van der Waals surface area contributed by atoms with Gasteiger partial charge in [0.25, 0.3) is 0 Å². The van der Waals surface area contributed by atoms with Crippen LogP contribution in [0, 0.1) is 5.82 Å². The van der Waals surface area contributed by atoms with Crippen molar-refractivity contribution in [3.05, 3.63) is 54.4 Å². The second-order valence-electron chi connectivity index (χ2n) is 4.06. The summed E-state index contributed by atoms with van der Waals surface area (Å²) < 4.78 is 15.9. The van der Waals surface area contributed by atoms with Crippen LogP contribution in [0.25, 0.3) is 0 Å². The van der Waals surface area contributed by atoms with Gasteiger partial charge in [0.05, 0.1) is 8.67 Å². The van der Waals surface area contributed by atoms with Crippen LogP contribution in [-0.4, -0.2) is 7.05 Å². The van der Waals surface area contributed by atoms with Crippen LogP contribution in [0.15, 0.2) is 28.7 Å². The van der Waals surface area contributed by atoms with Gasteiger partial charge in [-0.3, -0.25) is 0 Å². The highest BCUT2D eigenvalue weighted by Crippen LogP contribution is 2.36. The summed E-state index contributed by atoms with van der Waals surface area (Å²) in [5, 5.41) is 3.15. The average Bonchev–Trinajstić information content (AvgIpc) is 2.68. The van der Waals surface area contributed by atoms with Gasteiger partial charge >= 0.3 is 0 Å². The average molecular weight is 383 g/mol. The van der Waals surface area contributed by atoms with E-state index in [-0.39, 0.29) is 11.9 Å². The van der Waals surface area contributed by atoms with Crippen molar-refractivity contribution in [2.24, 2.45) is 0 Å². The highest BCUT2D eigenvalue weighted by Gasteiger charge is 2.18. The number of hydrogen-bond acceptors (Lipinski definition) is 2. The van der Waals surface area contributed by atoms with E-state index in [0.717, 1.165) is 10.0 Å². The van der Waals surface area contributed by atoms with Crippen LogP contribution >= 0.6 is 50.5 Å². The summed E-state index contributed by atoms with van der Waals surface area (Å²) in [5.74, 6) is -0.230. The first kappa shape index (κ1) is 15.3. The summed E-state index contributed by atoms with van der Waals surface area (Å²) >= 11 is 16.7. The molecule has 1 aromatic carbocycles. The number of benzene rings is 1. The first-order chi connectivity index (χ1) is 9.01. The molecule has 0 aliphatic heterocycles. The maximum atomic E-state index is 13.9. The van der Waals surface area contributed by atoms with E-state index in [4.69, 9.17) is 23.2 Å². The van der Waals surface area contributed by atoms with E-state index in [2.05, 4.69) is 21.2 Å². The number of rotatable bonds is 4. The minimum atomic E-state index is -0.230. The summed E-state index contributed by atoms with van der Waals surface area (Å²) in [4.78, 5) is 0. The Morgan fingerprint density at radius 1 is 1.37 bits per heavy atom. The summed E-state index contributed by atoms with van der Waals surface area (Å²) in [5.41, 5.74) is 1.54. The first-order valence-corrected chi connectivity index (χ1v) is 7.93. The third-order valence-corrected chi connectivity index (χ3v) is 4.86. The summed E-state index contributed by atoms with van der Waals surface area (Å²) in [7, 11) is 1.82. The molecule has 1 aromatic heterocycles. The van der Waals surface area contributed by atoms with Crippen molar-refractivity contribution in [2.45, 2.75) is 12.5 Å². The zero-order valence-electron chi connectivity index (χ0n) is 10.0. The molecule has 1 atom stereocenters. The molecular formula is C13H11BrCl2FNS. The van der Waals surface area contributed by atoms with Crippen molar-refractivity contribution < 1.29 is 4.39 Å². The molecular weight excluding hydrogens is 372 g/mol. The van der Waals surface area contributed by atoms with Crippen molar-refractivity contribution in [2.75, 3.05) is 7.05 Å². The quantitative estimate of drug-likeness (QED) is 0.740. The van der Waals surface area contributed by atoms with E-state index >= 15 is 0 Å². The Balaban J connectivity index is 2.26. The molecule has 0 saturated carbocycles. The van der Waals surface area contributed by atoms with Gasteiger partial charge in [0.2, 0.25) is 0 Å². The molecule has 0 bridgehead atoms. The molecule has 0 aliphatic rings. The largest absolute Gasteiger partial charge is 0.313 e. The van der Waals surface area contributed by atoms with Crippen LogP contribution < -0.4 is 5.32 Å². The van der Waals surface area contributed by atoms with E-state index in [9.17, 15) is 4.39 Å². The minimum Gasteiger partial charge on any atom is -0.313 e. The topological polar surface area (TPSA) is 12.0 Å². The summed E-state index contributed by atoms with van der Waals surface area (Å²) in [6.07, 6.45) is 0.516. The molecule has 0 fully saturated rings. The van der Waals surface area contributed by atoms with Gasteiger partial charge in [-0.25, -0.2) is 4.39 Å².